The Kier molecular flexibility index (Phi) is 3.96. The summed E-state index contributed by atoms with van der Waals surface area (Å²) in [5, 5.41) is 1.98. The highest BCUT2D eigenvalue weighted by molar-refractivity contribution is 9.10. The van der Waals surface area contributed by atoms with Crippen molar-refractivity contribution in [2.75, 3.05) is 0 Å². The summed E-state index contributed by atoms with van der Waals surface area (Å²) in [6.07, 6.45) is 3.50. The van der Waals surface area contributed by atoms with Gasteiger partial charge >= 0.3 is 0 Å². The number of aromatic nitrogens is 1. The number of nitrogens with one attached hydrogen (secondary N) is 1. The van der Waals surface area contributed by atoms with Crippen molar-refractivity contribution in [1.82, 2.24) is 10.4 Å². The number of hydrogen-bond donors (Lipinski definition) is 2. The number of benzene rings is 2. The Bertz CT molecular complexity index is 766. The molecule has 0 saturated heterocycles. The van der Waals surface area contributed by atoms with Gasteiger partial charge in [-0.3, -0.25) is 10.8 Å². The van der Waals surface area contributed by atoms with Gasteiger partial charge in [-0.1, -0.05) is 40.2 Å². The van der Waals surface area contributed by atoms with Crippen LogP contribution in [-0.4, -0.2) is 4.98 Å². The summed E-state index contributed by atoms with van der Waals surface area (Å²) in [7, 11) is 0. The number of nitrogens with two attached hydrogens (primary N) is 1. The second-order valence-corrected chi connectivity index (χ2v) is 5.53. The third kappa shape index (κ3) is 2.55. The number of halogens is 2. The molecule has 0 bridgehead atoms. The fourth-order valence-corrected chi connectivity index (χ4v) is 3.07. The molecule has 1 atom stereocenters. The molecule has 1 unspecified atom stereocenters. The molecule has 0 spiro atoms. The average molecular weight is 346 g/mol. The molecule has 1 aromatic heterocycles. The Balaban J connectivity index is 2.24. The van der Waals surface area contributed by atoms with Crippen molar-refractivity contribution in [2.45, 2.75) is 6.04 Å². The molecule has 3 N–H and O–H groups in total. The van der Waals surface area contributed by atoms with Crippen molar-refractivity contribution in [2.24, 2.45) is 5.84 Å². The zero-order chi connectivity index (χ0) is 14.8. The van der Waals surface area contributed by atoms with Crippen molar-refractivity contribution in [3.63, 3.8) is 0 Å². The smallest absolute Gasteiger partial charge is 0.129 e. The molecule has 2 aromatic carbocycles. The molecular weight excluding hydrogens is 333 g/mol. The molecule has 5 heteroatoms. The van der Waals surface area contributed by atoms with Gasteiger partial charge in [0, 0.05) is 27.8 Å². The van der Waals surface area contributed by atoms with Crippen LogP contribution in [-0.2, 0) is 0 Å². The van der Waals surface area contributed by atoms with Gasteiger partial charge in [0.2, 0.25) is 0 Å². The minimum absolute atomic E-state index is 0.312. The van der Waals surface area contributed by atoms with E-state index in [2.05, 4.69) is 26.3 Å². The maximum absolute atomic E-state index is 14.2. The van der Waals surface area contributed by atoms with Crippen LogP contribution in [0, 0.1) is 5.82 Å². The molecule has 21 heavy (non-hydrogen) atoms. The largest absolute Gasteiger partial charge is 0.271 e. The normalized spacial score (nSPS) is 12.5. The summed E-state index contributed by atoms with van der Waals surface area (Å²) in [5.41, 5.74) is 4.08. The van der Waals surface area contributed by atoms with Gasteiger partial charge in [-0.2, -0.15) is 0 Å². The number of hydrogen-bond acceptors (Lipinski definition) is 3. The lowest BCUT2D eigenvalue weighted by atomic mass is 9.95. The van der Waals surface area contributed by atoms with Gasteiger partial charge in [0.15, 0.2) is 0 Å². The first-order chi connectivity index (χ1) is 10.2. The van der Waals surface area contributed by atoms with Gasteiger partial charge < -0.3 is 0 Å². The fraction of sp³-hybridized carbons (Fsp3) is 0.0625. The van der Waals surface area contributed by atoms with Crippen molar-refractivity contribution in [3.05, 3.63) is 76.3 Å². The van der Waals surface area contributed by atoms with Crippen LogP contribution in [0.2, 0.25) is 0 Å². The highest BCUT2D eigenvalue weighted by Gasteiger charge is 2.21. The first kappa shape index (κ1) is 14.1. The number of rotatable bonds is 3. The van der Waals surface area contributed by atoms with E-state index in [0.29, 0.717) is 10.0 Å². The molecule has 0 aliphatic carbocycles. The van der Waals surface area contributed by atoms with Crippen LogP contribution < -0.4 is 11.3 Å². The van der Waals surface area contributed by atoms with E-state index in [4.69, 9.17) is 5.84 Å². The molecule has 0 radical (unpaired) electrons. The lowest BCUT2D eigenvalue weighted by Gasteiger charge is -2.20. The predicted molar refractivity (Wildman–Crippen MR) is 85.0 cm³/mol. The zero-order valence-electron chi connectivity index (χ0n) is 11.1. The average Bonchev–Trinajstić information content (AvgIpc) is 2.51. The number of hydrazine groups is 1. The zero-order valence-corrected chi connectivity index (χ0v) is 12.6. The second-order valence-electron chi connectivity index (χ2n) is 4.68. The van der Waals surface area contributed by atoms with Crippen molar-refractivity contribution >= 4 is 26.7 Å². The first-order valence-electron chi connectivity index (χ1n) is 6.45. The van der Waals surface area contributed by atoms with E-state index >= 15 is 0 Å². The Morgan fingerprint density at radius 1 is 1.14 bits per heavy atom. The molecule has 0 amide bonds. The molecule has 3 aromatic rings. The topological polar surface area (TPSA) is 50.9 Å². The number of fused-ring (bicyclic) bond motifs is 1. The maximum Gasteiger partial charge on any atom is 0.129 e. The third-order valence-corrected chi connectivity index (χ3v) is 4.17. The van der Waals surface area contributed by atoms with Crippen molar-refractivity contribution in [3.8, 4) is 0 Å². The molecule has 106 valence electrons. The van der Waals surface area contributed by atoms with E-state index in [-0.39, 0.29) is 5.82 Å². The molecule has 0 aliphatic rings. The van der Waals surface area contributed by atoms with E-state index < -0.39 is 6.04 Å². The highest BCUT2D eigenvalue weighted by atomic mass is 79.9. The SMILES string of the molecule is NNC(c1c(F)cccc1Br)c1cccc2ccncc12. The van der Waals surface area contributed by atoms with E-state index in [1.165, 1.54) is 6.07 Å². The summed E-state index contributed by atoms with van der Waals surface area (Å²) < 4.78 is 14.9. The maximum atomic E-state index is 14.2. The molecular formula is C16H13BrFN3. The Hall–Kier alpha value is -1.82. The van der Waals surface area contributed by atoms with Crippen LogP contribution in [0.25, 0.3) is 10.8 Å². The summed E-state index contributed by atoms with van der Waals surface area (Å²) in [6, 6.07) is 12.2. The van der Waals surface area contributed by atoms with E-state index in [1.54, 1.807) is 24.5 Å². The van der Waals surface area contributed by atoms with Gasteiger partial charge in [-0.05, 0) is 29.1 Å². The van der Waals surface area contributed by atoms with Gasteiger partial charge in [0.25, 0.3) is 0 Å². The Morgan fingerprint density at radius 2 is 1.95 bits per heavy atom. The summed E-state index contributed by atoms with van der Waals surface area (Å²) in [6.45, 7) is 0. The number of nitrogens with zero attached hydrogens (tertiary/aromatic N) is 1. The summed E-state index contributed by atoms with van der Waals surface area (Å²) in [5.74, 6) is 5.40. The standard InChI is InChI=1S/C16H13BrFN3/c17-13-5-2-6-14(18)15(13)16(21-19)11-4-1-3-10-7-8-20-9-12(10)11/h1-9,16,21H,19H2. The molecule has 0 aliphatic heterocycles. The van der Waals surface area contributed by atoms with Crippen LogP contribution in [0.5, 0.6) is 0 Å². The van der Waals surface area contributed by atoms with Gasteiger partial charge in [-0.15, -0.1) is 0 Å². The van der Waals surface area contributed by atoms with Crippen LogP contribution in [0.15, 0.2) is 59.3 Å². The van der Waals surface area contributed by atoms with E-state index in [0.717, 1.165) is 16.3 Å². The molecule has 3 rings (SSSR count). The number of pyridine rings is 1. The van der Waals surface area contributed by atoms with Crippen molar-refractivity contribution < 1.29 is 4.39 Å². The minimum Gasteiger partial charge on any atom is -0.271 e. The van der Waals surface area contributed by atoms with Crippen LogP contribution in [0.1, 0.15) is 17.2 Å². The van der Waals surface area contributed by atoms with Gasteiger partial charge in [0.1, 0.15) is 5.82 Å². The molecule has 0 saturated carbocycles. The van der Waals surface area contributed by atoms with E-state index in [9.17, 15) is 4.39 Å². The quantitative estimate of drug-likeness (QED) is 0.562. The highest BCUT2D eigenvalue weighted by Crippen LogP contribution is 2.33. The Morgan fingerprint density at radius 3 is 2.71 bits per heavy atom. The Labute approximate surface area is 130 Å². The molecule has 3 nitrogen and oxygen atoms in total. The van der Waals surface area contributed by atoms with Gasteiger partial charge in [-0.25, -0.2) is 9.82 Å². The summed E-state index contributed by atoms with van der Waals surface area (Å²) >= 11 is 3.40. The monoisotopic (exact) mass is 345 g/mol. The lowest BCUT2D eigenvalue weighted by Crippen LogP contribution is -2.30. The second kappa shape index (κ2) is 5.89. The van der Waals surface area contributed by atoms with E-state index in [1.807, 2.05) is 24.3 Å². The molecule has 1 heterocycles. The van der Waals surface area contributed by atoms with Crippen molar-refractivity contribution in [1.29, 1.82) is 0 Å². The van der Waals surface area contributed by atoms with Gasteiger partial charge in [0.05, 0.1) is 6.04 Å². The van der Waals surface area contributed by atoms with Crippen LogP contribution in [0.4, 0.5) is 4.39 Å². The minimum atomic E-state index is -0.464. The summed E-state index contributed by atoms with van der Waals surface area (Å²) in [4.78, 5) is 4.15. The lowest BCUT2D eigenvalue weighted by molar-refractivity contribution is 0.559. The molecule has 0 fully saturated rings. The third-order valence-electron chi connectivity index (χ3n) is 3.48. The first-order valence-corrected chi connectivity index (χ1v) is 7.24. The predicted octanol–water partition coefficient (Wildman–Crippen LogP) is 3.69. The van der Waals surface area contributed by atoms with Crippen LogP contribution in [0.3, 0.4) is 0 Å². The van der Waals surface area contributed by atoms with Crippen LogP contribution >= 0.6 is 15.9 Å². The fourth-order valence-electron chi connectivity index (χ4n) is 2.50.